The summed E-state index contributed by atoms with van der Waals surface area (Å²) in [5, 5.41) is 2.22. The Hall–Kier alpha value is -3.02. The number of halogens is 8. The number of carbonyl (C=O) groups excluding carboxylic acids is 1. The van der Waals surface area contributed by atoms with Gasteiger partial charge in [0.15, 0.2) is 0 Å². The maximum absolute atomic E-state index is 13.8. The molecule has 33 heavy (non-hydrogen) atoms. The van der Waals surface area contributed by atoms with E-state index in [1.165, 1.54) is 13.8 Å². The first-order valence-corrected chi connectivity index (χ1v) is 10.0. The number of rotatable bonds is 4. The number of amides is 1. The molecular formula is C21H14F8N2OS. The molecule has 0 saturated heterocycles. The van der Waals surface area contributed by atoms with Gasteiger partial charge >= 0.3 is 12.4 Å². The molecule has 1 N–H and O–H groups in total. The number of thiazole rings is 1. The average Bonchev–Trinajstić information content (AvgIpc) is 3.20. The van der Waals surface area contributed by atoms with Crippen LogP contribution in [0.3, 0.4) is 0 Å². The van der Waals surface area contributed by atoms with Crippen LogP contribution in [0.15, 0.2) is 36.5 Å². The Bertz CT molecular complexity index is 1140. The Kier molecular flexibility index (Phi) is 6.51. The van der Waals surface area contributed by atoms with Crippen LogP contribution in [0.25, 0.3) is 10.6 Å². The number of nitrogens with zero attached hydrogens (tertiary/aromatic N) is 1. The van der Waals surface area contributed by atoms with Crippen LogP contribution < -0.4 is 5.32 Å². The minimum atomic E-state index is -5.03. The Morgan fingerprint density at radius 3 is 1.94 bits per heavy atom. The van der Waals surface area contributed by atoms with Crippen LogP contribution in [0.1, 0.15) is 44.9 Å². The van der Waals surface area contributed by atoms with E-state index in [-0.39, 0.29) is 27.1 Å². The molecule has 1 atom stereocenters. The van der Waals surface area contributed by atoms with Crippen molar-refractivity contribution in [1.29, 1.82) is 0 Å². The molecule has 3 nitrogen and oxygen atoms in total. The SMILES string of the molecule is Cc1c(F)cc([C@@H](C)NC(=O)c2cnc(-c3cc(C(F)(F)F)cc(C(F)(F)F)c3)s2)cc1F. The number of hydrogen-bond acceptors (Lipinski definition) is 3. The molecule has 0 aliphatic rings. The van der Waals surface area contributed by atoms with Crippen LogP contribution in [-0.2, 0) is 12.4 Å². The molecule has 3 rings (SSSR count). The molecular weight excluding hydrogens is 480 g/mol. The molecule has 1 heterocycles. The van der Waals surface area contributed by atoms with Gasteiger partial charge in [0.1, 0.15) is 21.5 Å². The Balaban J connectivity index is 1.88. The fourth-order valence-electron chi connectivity index (χ4n) is 2.86. The molecule has 0 spiro atoms. The molecule has 0 aliphatic heterocycles. The first-order chi connectivity index (χ1) is 15.2. The summed E-state index contributed by atoms with van der Waals surface area (Å²) in [7, 11) is 0. The topological polar surface area (TPSA) is 42.0 Å². The van der Waals surface area contributed by atoms with E-state index in [1.54, 1.807) is 0 Å². The summed E-state index contributed by atoms with van der Waals surface area (Å²) in [6, 6.07) is 2.25. The normalized spacial score (nSPS) is 13.2. The third kappa shape index (κ3) is 5.49. The van der Waals surface area contributed by atoms with Crippen molar-refractivity contribution >= 4 is 17.2 Å². The highest BCUT2D eigenvalue weighted by atomic mass is 32.1. The van der Waals surface area contributed by atoms with Gasteiger partial charge in [-0.15, -0.1) is 11.3 Å². The van der Waals surface area contributed by atoms with Crippen molar-refractivity contribution in [1.82, 2.24) is 10.3 Å². The summed E-state index contributed by atoms with van der Waals surface area (Å²) < 4.78 is 106. The standard InChI is InChI=1S/C21H14F8N2OS/c1-9-15(22)5-11(6-16(9)23)10(2)31-18(32)17-8-30-19(33-17)12-3-13(20(24,25)26)7-14(4-12)21(27,28)29/h3-8,10H,1-2H3,(H,31,32)/t10-/m1/s1. The molecule has 3 aromatic rings. The molecule has 0 radical (unpaired) electrons. The van der Waals surface area contributed by atoms with Gasteiger partial charge in [-0.2, -0.15) is 26.3 Å². The average molecular weight is 494 g/mol. The van der Waals surface area contributed by atoms with Gasteiger partial charge in [0, 0.05) is 11.1 Å². The van der Waals surface area contributed by atoms with Gasteiger partial charge in [-0.25, -0.2) is 13.8 Å². The summed E-state index contributed by atoms with van der Waals surface area (Å²) in [6.07, 6.45) is -9.06. The van der Waals surface area contributed by atoms with E-state index in [9.17, 15) is 39.9 Å². The van der Waals surface area contributed by atoms with Crippen molar-refractivity contribution in [3.63, 3.8) is 0 Å². The lowest BCUT2D eigenvalue weighted by Gasteiger charge is -2.15. The maximum atomic E-state index is 13.8. The van der Waals surface area contributed by atoms with Crippen molar-refractivity contribution in [2.24, 2.45) is 0 Å². The minimum Gasteiger partial charge on any atom is -0.345 e. The second-order valence-corrected chi connectivity index (χ2v) is 8.16. The highest BCUT2D eigenvalue weighted by Crippen LogP contribution is 2.39. The smallest absolute Gasteiger partial charge is 0.345 e. The van der Waals surface area contributed by atoms with Gasteiger partial charge in [-0.1, -0.05) is 0 Å². The predicted octanol–water partition coefficient (Wildman–Crippen LogP) is 6.93. The van der Waals surface area contributed by atoms with Gasteiger partial charge in [-0.05, 0) is 49.7 Å². The quantitative estimate of drug-likeness (QED) is 0.400. The van der Waals surface area contributed by atoms with Crippen LogP contribution in [0, 0.1) is 18.6 Å². The van der Waals surface area contributed by atoms with E-state index < -0.39 is 52.6 Å². The van der Waals surface area contributed by atoms with Crippen molar-refractivity contribution in [3.05, 3.63) is 75.3 Å². The van der Waals surface area contributed by atoms with E-state index in [4.69, 9.17) is 0 Å². The number of nitrogens with one attached hydrogen (secondary N) is 1. The van der Waals surface area contributed by atoms with Gasteiger partial charge < -0.3 is 5.32 Å². The Morgan fingerprint density at radius 2 is 1.45 bits per heavy atom. The molecule has 1 amide bonds. The summed E-state index contributed by atoms with van der Waals surface area (Å²) >= 11 is 0.573. The van der Waals surface area contributed by atoms with Crippen molar-refractivity contribution in [2.75, 3.05) is 0 Å². The zero-order valence-electron chi connectivity index (χ0n) is 16.8. The van der Waals surface area contributed by atoms with Gasteiger partial charge in [-0.3, -0.25) is 4.79 Å². The number of benzene rings is 2. The Labute approximate surface area is 186 Å². The summed E-state index contributed by atoms with van der Waals surface area (Å²) in [5.41, 5.74) is -3.54. The number of carbonyl (C=O) groups is 1. The van der Waals surface area contributed by atoms with Crippen molar-refractivity contribution < 1.29 is 39.9 Å². The lowest BCUT2D eigenvalue weighted by molar-refractivity contribution is -0.143. The minimum absolute atomic E-state index is 0.00770. The molecule has 0 aliphatic carbocycles. The molecule has 0 unspecified atom stereocenters. The number of alkyl halides is 6. The van der Waals surface area contributed by atoms with Crippen LogP contribution >= 0.6 is 11.3 Å². The second kappa shape index (κ2) is 8.73. The Morgan fingerprint density at radius 1 is 0.939 bits per heavy atom. The lowest BCUT2D eigenvalue weighted by Crippen LogP contribution is -2.26. The zero-order chi connectivity index (χ0) is 24.7. The molecule has 0 saturated carbocycles. The monoisotopic (exact) mass is 494 g/mol. The van der Waals surface area contributed by atoms with E-state index in [0.29, 0.717) is 23.5 Å². The van der Waals surface area contributed by atoms with Crippen LogP contribution in [0.4, 0.5) is 35.1 Å². The molecule has 1 aromatic heterocycles. The zero-order valence-corrected chi connectivity index (χ0v) is 17.6. The summed E-state index contributed by atoms with van der Waals surface area (Å²) in [4.78, 5) is 16.1. The van der Waals surface area contributed by atoms with Crippen LogP contribution in [0.5, 0.6) is 0 Å². The maximum Gasteiger partial charge on any atom is 0.416 e. The highest BCUT2D eigenvalue weighted by molar-refractivity contribution is 7.16. The third-order valence-electron chi connectivity index (χ3n) is 4.71. The highest BCUT2D eigenvalue weighted by Gasteiger charge is 2.37. The first-order valence-electron chi connectivity index (χ1n) is 9.19. The number of aromatic nitrogens is 1. The van der Waals surface area contributed by atoms with E-state index in [0.717, 1.165) is 18.3 Å². The van der Waals surface area contributed by atoms with Gasteiger partial charge in [0.2, 0.25) is 0 Å². The van der Waals surface area contributed by atoms with E-state index in [1.807, 2.05) is 0 Å². The fraction of sp³-hybridized carbons (Fsp3) is 0.238. The first kappa shape index (κ1) is 24.6. The molecule has 2 aromatic carbocycles. The predicted molar refractivity (Wildman–Crippen MR) is 105 cm³/mol. The van der Waals surface area contributed by atoms with Crippen LogP contribution in [0.2, 0.25) is 0 Å². The van der Waals surface area contributed by atoms with Gasteiger partial charge in [0.25, 0.3) is 5.91 Å². The lowest BCUT2D eigenvalue weighted by atomic mass is 10.1. The summed E-state index contributed by atoms with van der Waals surface area (Å²) in [6.45, 7) is 2.69. The van der Waals surface area contributed by atoms with Crippen LogP contribution in [-0.4, -0.2) is 10.9 Å². The number of hydrogen-bond donors (Lipinski definition) is 1. The van der Waals surface area contributed by atoms with E-state index >= 15 is 0 Å². The largest absolute Gasteiger partial charge is 0.416 e. The summed E-state index contributed by atoms with van der Waals surface area (Å²) in [5.74, 6) is -2.39. The van der Waals surface area contributed by atoms with Crippen molar-refractivity contribution in [3.8, 4) is 10.6 Å². The fourth-order valence-corrected chi connectivity index (χ4v) is 3.66. The molecule has 176 valence electrons. The van der Waals surface area contributed by atoms with Crippen molar-refractivity contribution in [2.45, 2.75) is 32.2 Å². The molecule has 0 bridgehead atoms. The van der Waals surface area contributed by atoms with E-state index in [2.05, 4.69) is 10.3 Å². The third-order valence-corrected chi connectivity index (χ3v) is 5.76. The van der Waals surface area contributed by atoms with Gasteiger partial charge in [0.05, 0.1) is 23.4 Å². The molecule has 12 heteroatoms. The second-order valence-electron chi connectivity index (χ2n) is 7.13. The molecule has 0 fully saturated rings.